The summed E-state index contributed by atoms with van der Waals surface area (Å²) in [6.45, 7) is 5.66. The van der Waals surface area contributed by atoms with Crippen LogP contribution in [0.2, 0.25) is 0 Å². The van der Waals surface area contributed by atoms with Gasteiger partial charge in [-0.15, -0.1) is 0 Å². The molecule has 0 aromatic heterocycles. The molecule has 1 amide bonds. The van der Waals surface area contributed by atoms with E-state index in [1.165, 1.54) is 148 Å². The van der Waals surface area contributed by atoms with Crippen LogP contribution in [0.3, 0.4) is 0 Å². The van der Waals surface area contributed by atoms with Crippen LogP contribution < -0.4 is 5.32 Å². The number of aliphatic hydroxyl groups excluding tert-OH is 5. The molecule has 11 nitrogen and oxygen atoms in total. The molecule has 81 heavy (non-hydrogen) atoms. The molecule has 1 saturated heterocycles. The van der Waals surface area contributed by atoms with Gasteiger partial charge in [0.25, 0.3) is 0 Å². The van der Waals surface area contributed by atoms with Crippen molar-refractivity contribution in [3.05, 3.63) is 85.1 Å². The number of aliphatic hydroxyl groups is 5. The van der Waals surface area contributed by atoms with Crippen LogP contribution in [0.5, 0.6) is 0 Å². The van der Waals surface area contributed by atoms with Crippen molar-refractivity contribution in [2.45, 2.75) is 333 Å². The van der Waals surface area contributed by atoms with Crippen LogP contribution in [0.25, 0.3) is 0 Å². The van der Waals surface area contributed by atoms with Gasteiger partial charge in [-0.25, -0.2) is 0 Å². The fraction of sp³-hybridized carbons (Fsp3) is 0.771. The minimum Gasteiger partial charge on any atom is -0.454 e. The average molecular weight is 1140 g/mol. The van der Waals surface area contributed by atoms with Crippen molar-refractivity contribution in [2.24, 2.45) is 0 Å². The van der Waals surface area contributed by atoms with Crippen LogP contribution in [0.15, 0.2) is 85.1 Å². The van der Waals surface area contributed by atoms with Gasteiger partial charge in [0.2, 0.25) is 5.91 Å². The van der Waals surface area contributed by atoms with Gasteiger partial charge >= 0.3 is 5.97 Å². The van der Waals surface area contributed by atoms with Crippen LogP contribution >= 0.6 is 0 Å². The third kappa shape index (κ3) is 45.0. The first-order valence-electron chi connectivity index (χ1n) is 33.4. The quantitative estimate of drug-likeness (QED) is 0.0195. The van der Waals surface area contributed by atoms with Crippen LogP contribution in [0, 0.1) is 0 Å². The zero-order valence-electron chi connectivity index (χ0n) is 51.9. The molecule has 1 fully saturated rings. The standard InChI is InChI=1S/C70H123NO10/c1-4-7-10-13-16-19-22-24-26-28-30-31-32-33-34-36-38-40-43-46-49-52-55-58-65(75)81-68-67(77)66(76)64(59-72)80-70(68)79-60-61(62(73)56-53-50-47-44-41-21-18-15-12-9-6-3)71-69(78)63(74)57-54-51-48-45-42-39-37-35-29-27-25-23-20-17-14-11-8-5-2/h8,11,17,20,24-27,35,37,42,45,53,56,61-64,66-68,70,72-74,76-77H,4-7,9-10,12-16,18-19,21-23,28-34,36,38-41,43-44,46-52,54-55,57-60H2,1-3H3,(H,71,78)/b11-8-,20-17-,26-24+,27-25-,37-35-,45-42-,56-53+. The lowest BCUT2D eigenvalue weighted by Gasteiger charge is -2.41. The summed E-state index contributed by atoms with van der Waals surface area (Å²) >= 11 is 0. The monoisotopic (exact) mass is 1140 g/mol. The summed E-state index contributed by atoms with van der Waals surface area (Å²) in [6.07, 6.45) is 64.9. The smallest absolute Gasteiger partial charge is 0.306 e. The summed E-state index contributed by atoms with van der Waals surface area (Å²) in [7, 11) is 0. The third-order valence-corrected chi connectivity index (χ3v) is 15.3. The number of rotatable bonds is 56. The molecular formula is C70H123NO10. The molecule has 0 radical (unpaired) electrons. The number of carbonyl (C=O) groups is 2. The van der Waals surface area contributed by atoms with Crippen molar-refractivity contribution in [3.8, 4) is 0 Å². The van der Waals surface area contributed by atoms with Gasteiger partial charge in [0, 0.05) is 6.42 Å². The highest BCUT2D eigenvalue weighted by Crippen LogP contribution is 2.26. The maximum Gasteiger partial charge on any atom is 0.306 e. The summed E-state index contributed by atoms with van der Waals surface area (Å²) < 4.78 is 17.6. The summed E-state index contributed by atoms with van der Waals surface area (Å²) in [5.74, 6) is -1.23. The van der Waals surface area contributed by atoms with Gasteiger partial charge in [0.15, 0.2) is 12.4 Å². The van der Waals surface area contributed by atoms with E-state index in [1.807, 2.05) is 6.08 Å². The summed E-state index contributed by atoms with van der Waals surface area (Å²) in [5, 5.41) is 57.0. The Morgan fingerprint density at radius 2 is 0.889 bits per heavy atom. The van der Waals surface area contributed by atoms with E-state index in [-0.39, 0.29) is 19.4 Å². The van der Waals surface area contributed by atoms with Crippen molar-refractivity contribution in [1.82, 2.24) is 5.32 Å². The molecule has 0 spiro atoms. The topological polar surface area (TPSA) is 175 Å². The van der Waals surface area contributed by atoms with Crippen molar-refractivity contribution < 1.29 is 49.3 Å². The Hall–Kier alpha value is -3.16. The maximum absolute atomic E-state index is 13.4. The van der Waals surface area contributed by atoms with Gasteiger partial charge in [-0.05, 0) is 96.3 Å². The lowest BCUT2D eigenvalue weighted by Crippen LogP contribution is -2.61. The maximum atomic E-state index is 13.4. The molecule has 8 unspecified atom stereocenters. The molecule has 0 saturated carbocycles. The normalized spacial score (nSPS) is 19.2. The Balaban J connectivity index is 2.62. The number of unbranched alkanes of at least 4 members (excludes halogenated alkanes) is 30. The largest absolute Gasteiger partial charge is 0.454 e. The highest BCUT2D eigenvalue weighted by molar-refractivity contribution is 5.80. The molecular weight excluding hydrogens is 1010 g/mol. The number of carbonyl (C=O) groups excluding carboxylic acids is 2. The predicted octanol–water partition coefficient (Wildman–Crippen LogP) is 16.5. The number of nitrogens with one attached hydrogen (secondary N) is 1. The lowest BCUT2D eigenvalue weighted by atomic mass is 9.99. The van der Waals surface area contributed by atoms with E-state index in [0.717, 1.165) is 89.9 Å². The van der Waals surface area contributed by atoms with Crippen LogP contribution in [0.1, 0.15) is 284 Å². The van der Waals surface area contributed by atoms with E-state index >= 15 is 0 Å². The van der Waals surface area contributed by atoms with E-state index in [2.05, 4.69) is 99.0 Å². The van der Waals surface area contributed by atoms with E-state index in [1.54, 1.807) is 6.08 Å². The van der Waals surface area contributed by atoms with Crippen molar-refractivity contribution in [1.29, 1.82) is 0 Å². The fourth-order valence-electron chi connectivity index (χ4n) is 10.0. The van der Waals surface area contributed by atoms with Crippen LogP contribution in [-0.4, -0.2) is 99.6 Å². The number of hydrogen-bond donors (Lipinski definition) is 6. The zero-order valence-corrected chi connectivity index (χ0v) is 51.9. The van der Waals surface area contributed by atoms with Gasteiger partial charge < -0.3 is 45.1 Å². The number of amides is 1. The molecule has 0 bridgehead atoms. The van der Waals surface area contributed by atoms with Gasteiger partial charge in [0.05, 0.1) is 25.4 Å². The second kappa shape index (κ2) is 57.3. The van der Waals surface area contributed by atoms with E-state index < -0.39 is 67.4 Å². The second-order valence-corrected chi connectivity index (χ2v) is 22.8. The van der Waals surface area contributed by atoms with E-state index in [4.69, 9.17) is 14.2 Å². The highest BCUT2D eigenvalue weighted by Gasteiger charge is 2.47. The lowest BCUT2D eigenvalue weighted by molar-refractivity contribution is -0.305. The molecule has 6 N–H and O–H groups in total. The Labute approximate surface area is 495 Å². The van der Waals surface area contributed by atoms with Gasteiger partial charge in [0.1, 0.15) is 24.4 Å². The molecule has 1 aliphatic rings. The van der Waals surface area contributed by atoms with Gasteiger partial charge in [-0.3, -0.25) is 9.59 Å². The minimum absolute atomic E-state index is 0.117. The molecule has 0 aliphatic carbocycles. The number of ether oxygens (including phenoxy) is 3. The number of esters is 1. The SMILES string of the molecule is CC/C=C\C/C=C\C/C=C\C/C=C\C/C=C\CCCCC(O)C(=O)NC(COC1OC(CO)C(O)C(O)C1OC(=O)CCCCCCCCCCCCCCC/C=C/CCCCCCCC)C(O)/C=C/CCCCCCCCCCC. The fourth-order valence-corrected chi connectivity index (χ4v) is 10.0. The summed E-state index contributed by atoms with van der Waals surface area (Å²) in [4.78, 5) is 26.6. The van der Waals surface area contributed by atoms with Crippen molar-refractivity contribution >= 4 is 11.9 Å². The third-order valence-electron chi connectivity index (χ3n) is 15.3. The van der Waals surface area contributed by atoms with Crippen molar-refractivity contribution in [3.63, 3.8) is 0 Å². The first-order valence-corrected chi connectivity index (χ1v) is 33.4. The highest BCUT2D eigenvalue weighted by atomic mass is 16.7. The summed E-state index contributed by atoms with van der Waals surface area (Å²) in [6, 6.07) is -1.05. The molecule has 468 valence electrons. The molecule has 11 heteroatoms. The van der Waals surface area contributed by atoms with Gasteiger partial charge in [-0.2, -0.15) is 0 Å². The molecule has 1 heterocycles. The van der Waals surface area contributed by atoms with E-state index in [9.17, 15) is 35.1 Å². The molecule has 1 rings (SSSR count). The zero-order chi connectivity index (χ0) is 58.9. The van der Waals surface area contributed by atoms with Crippen LogP contribution in [0.4, 0.5) is 0 Å². The minimum atomic E-state index is -1.62. The molecule has 0 aromatic carbocycles. The van der Waals surface area contributed by atoms with Crippen LogP contribution in [-0.2, 0) is 23.8 Å². The Kier molecular flexibility index (Phi) is 53.6. The molecule has 8 atom stereocenters. The van der Waals surface area contributed by atoms with Gasteiger partial charge in [-0.1, -0.05) is 266 Å². The Morgan fingerprint density at radius 3 is 1.35 bits per heavy atom. The Morgan fingerprint density at radius 1 is 0.494 bits per heavy atom. The number of allylic oxidation sites excluding steroid dienone is 13. The molecule has 1 aliphatic heterocycles. The second-order valence-electron chi connectivity index (χ2n) is 22.8. The predicted molar refractivity (Wildman–Crippen MR) is 338 cm³/mol. The van der Waals surface area contributed by atoms with Crippen molar-refractivity contribution in [2.75, 3.05) is 13.2 Å². The molecule has 0 aromatic rings. The number of hydrogen-bond acceptors (Lipinski definition) is 10. The summed E-state index contributed by atoms with van der Waals surface area (Å²) in [5.41, 5.74) is 0. The first-order chi connectivity index (χ1) is 39.7. The Bertz CT molecular complexity index is 1640. The first kappa shape index (κ1) is 75.9. The van der Waals surface area contributed by atoms with E-state index in [0.29, 0.717) is 12.8 Å². The average Bonchev–Trinajstić information content (AvgIpc) is 3.51.